The number of aryl methyl sites for hydroxylation is 2. The molecule has 2 nitrogen and oxygen atoms in total. The first-order chi connectivity index (χ1) is 7.25. The number of rotatable bonds is 2. The number of hydrogen-bond acceptors (Lipinski definition) is 2. The minimum absolute atomic E-state index is 0.917. The molecule has 0 amide bonds. The van der Waals surface area contributed by atoms with Gasteiger partial charge in [0.2, 0.25) is 0 Å². The summed E-state index contributed by atoms with van der Waals surface area (Å²) in [6.45, 7) is 6.15. The molecule has 0 saturated carbocycles. The van der Waals surface area contributed by atoms with Crippen LogP contribution in [0.4, 0.5) is 0 Å². The van der Waals surface area contributed by atoms with Gasteiger partial charge in [0, 0.05) is 19.5 Å². The summed E-state index contributed by atoms with van der Waals surface area (Å²) in [5.41, 5.74) is 2.59. The van der Waals surface area contributed by atoms with Gasteiger partial charge >= 0.3 is 0 Å². The van der Waals surface area contributed by atoms with E-state index in [9.17, 15) is 0 Å². The zero-order chi connectivity index (χ0) is 10.7. The fourth-order valence-corrected chi connectivity index (χ4v) is 1.62. The van der Waals surface area contributed by atoms with Crippen LogP contribution in [-0.2, 0) is 0 Å². The second kappa shape index (κ2) is 4.49. The predicted molar refractivity (Wildman–Crippen MR) is 62.1 cm³/mol. The highest BCUT2D eigenvalue weighted by Gasteiger charge is 2.05. The molecule has 15 heavy (non-hydrogen) atoms. The number of hydrogen-bond donors (Lipinski definition) is 1. The SMILES string of the molecule is Cc1ccc(OC2=CCNCC2)cc1C. The van der Waals surface area contributed by atoms with E-state index in [0.717, 1.165) is 31.0 Å². The number of benzene rings is 1. The lowest BCUT2D eigenvalue weighted by Gasteiger charge is -2.15. The van der Waals surface area contributed by atoms with Crippen LogP contribution in [0.25, 0.3) is 0 Å². The molecular formula is C13H17NO. The van der Waals surface area contributed by atoms with Gasteiger partial charge in [-0.1, -0.05) is 6.07 Å². The van der Waals surface area contributed by atoms with E-state index >= 15 is 0 Å². The van der Waals surface area contributed by atoms with Crippen molar-refractivity contribution in [3.63, 3.8) is 0 Å². The molecular weight excluding hydrogens is 186 g/mol. The van der Waals surface area contributed by atoms with Crippen molar-refractivity contribution in [3.8, 4) is 5.75 Å². The van der Waals surface area contributed by atoms with Crippen LogP contribution in [0.2, 0.25) is 0 Å². The molecule has 0 atom stereocenters. The van der Waals surface area contributed by atoms with E-state index in [1.54, 1.807) is 0 Å². The van der Waals surface area contributed by atoms with Gasteiger partial charge < -0.3 is 10.1 Å². The van der Waals surface area contributed by atoms with Crippen molar-refractivity contribution in [2.75, 3.05) is 13.1 Å². The van der Waals surface area contributed by atoms with E-state index in [4.69, 9.17) is 4.74 Å². The van der Waals surface area contributed by atoms with E-state index in [1.165, 1.54) is 11.1 Å². The quantitative estimate of drug-likeness (QED) is 0.797. The molecule has 1 heterocycles. The molecule has 0 saturated heterocycles. The van der Waals surface area contributed by atoms with Gasteiger partial charge in [0.25, 0.3) is 0 Å². The maximum absolute atomic E-state index is 5.81. The van der Waals surface area contributed by atoms with Gasteiger partial charge in [-0.2, -0.15) is 0 Å². The van der Waals surface area contributed by atoms with E-state index in [0.29, 0.717) is 0 Å². The van der Waals surface area contributed by atoms with Gasteiger partial charge in [-0.15, -0.1) is 0 Å². The zero-order valence-corrected chi connectivity index (χ0v) is 9.34. The third-order valence-corrected chi connectivity index (χ3v) is 2.75. The van der Waals surface area contributed by atoms with Gasteiger partial charge in [-0.3, -0.25) is 0 Å². The summed E-state index contributed by atoms with van der Waals surface area (Å²) in [6, 6.07) is 6.23. The van der Waals surface area contributed by atoms with E-state index < -0.39 is 0 Å². The van der Waals surface area contributed by atoms with Gasteiger partial charge in [0.05, 0.1) is 0 Å². The lowest BCUT2D eigenvalue weighted by Crippen LogP contribution is -2.22. The van der Waals surface area contributed by atoms with Crippen LogP contribution in [0, 0.1) is 13.8 Å². The molecule has 1 aliphatic rings. The summed E-state index contributed by atoms with van der Waals surface area (Å²) in [5.74, 6) is 2.03. The maximum Gasteiger partial charge on any atom is 0.127 e. The Morgan fingerprint density at radius 1 is 1.20 bits per heavy atom. The maximum atomic E-state index is 5.81. The molecule has 0 unspecified atom stereocenters. The minimum Gasteiger partial charge on any atom is -0.462 e. The molecule has 0 bridgehead atoms. The van der Waals surface area contributed by atoms with Gasteiger partial charge in [0.15, 0.2) is 0 Å². The van der Waals surface area contributed by atoms with Crippen molar-refractivity contribution >= 4 is 0 Å². The highest BCUT2D eigenvalue weighted by molar-refractivity contribution is 5.34. The van der Waals surface area contributed by atoms with Crippen LogP contribution in [0.3, 0.4) is 0 Å². The Hall–Kier alpha value is -1.28. The normalized spacial score (nSPS) is 16.0. The van der Waals surface area contributed by atoms with Crippen LogP contribution in [0.1, 0.15) is 17.5 Å². The zero-order valence-electron chi connectivity index (χ0n) is 9.34. The molecule has 0 aliphatic carbocycles. The predicted octanol–water partition coefficient (Wildman–Crippen LogP) is 2.56. The van der Waals surface area contributed by atoms with Crippen molar-refractivity contribution < 1.29 is 4.74 Å². The van der Waals surface area contributed by atoms with Crippen LogP contribution < -0.4 is 10.1 Å². The molecule has 1 aromatic carbocycles. The Morgan fingerprint density at radius 2 is 2.07 bits per heavy atom. The third kappa shape index (κ3) is 2.60. The summed E-state index contributed by atoms with van der Waals surface area (Å²) in [7, 11) is 0. The highest BCUT2D eigenvalue weighted by Crippen LogP contribution is 2.20. The molecule has 0 radical (unpaired) electrons. The molecule has 80 valence electrons. The largest absolute Gasteiger partial charge is 0.462 e. The van der Waals surface area contributed by atoms with Crippen molar-refractivity contribution in [1.82, 2.24) is 5.32 Å². The first-order valence-corrected chi connectivity index (χ1v) is 5.40. The molecule has 0 aromatic heterocycles. The van der Waals surface area contributed by atoms with Crippen LogP contribution in [-0.4, -0.2) is 13.1 Å². The Labute approximate surface area is 91.0 Å². The molecule has 0 spiro atoms. The Kier molecular flexibility index (Phi) is 3.07. The molecule has 1 aliphatic heterocycles. The van der Waals surface area contributed by atoms with Crippen molar-refractivity contribution in [3.05, 3.63) is 41.2 Å². The average molecular weight is 203 g/mol. The van der Waals surface area contributed by atoms with Gasteiger partial charge in [-0.05, 0) is 43.2 Å². The first-order valence-electron chi connectivity index (χ1n) is 5.40. The van der Waals surface area contributed by atoms with Crippen LogP contribution >= 0.6 is 0 Å². The molecule has 2 rings (SSSR count). The lowest BCUT2D eigenvalue weighted by atomic mass is 10.1. The van der Waals surface area contributed by atoms with Crippen LogP contribution in [0.5, 0.6) is 5.75 Å². The molecule has 2 heteroatoms. The fourth-order valence-electron chi connectivity index (χ4n) is 1.62. The topological polar surface area (TPSA) is 21.3 Å². The number of nitrogens with one attached hydrogen (secondary N) is 1. The average Bonchev–Trinajstić information content (AvgIpc) is 2.25. The first kappa shape index (κ1) is 10.2. The Bertz CT molecular complexity index is 382. The summed E-state index contributed by atoms with van der Waals surface area (Å²) in [4.78, 5) is 0. The summed E-state index contributed by atoms with van der Waals surface area (Å²) < 4.78 is 5.81. The van der Waals surface area contributed by atoms with Crippen molar-refractivity contribution in [2.45, 2.75) is 20.3 Å². The molecule has 1 aromatic rings. The van der Waals surface area contributed by atoms with Crippen LogP contribution in [0.15, 0.2) is 30.0 Å². The molecule has 1 N–H and O–H groups in total. The Morgan fingerprint density at radius 3 is 2.73 bits per heavy atom. The molecule has 0 fully saturated rings. The fraction of sp³-hybridized carbons (Fsp3) is 0.385. The smallest absolute Gasteiger partial charge is 0.127 e. The van der Waals surface area contributed by atoms with Gasteiger partial charge in [0.1, 0.15) is 11.5 Å². The summed E-state index contributed by atoms with van der Waals surface area (Å²) >= 11 is 0. The second-order valence-corrected chi connectivity index (χ2v) is 3.97. The van der Waals surface area contributed by atoms with Gasteiger partial charge in [-0.25, -0.2) is 0 Å². The summed E-state index contributed by atoms with van der Waals surface area (Å²) in [5, 5.41) is 3.26. The third-order valence-electron chi connectivity index (χ3n) is 2.75. The number of ether oxygens (including phenoxy) is 1. The van der Waals surface area contributed by atoms with E-state index in [1.807, 2.05) is 6.07 Å². The monoisotopic (exact) mass is 203 g/mol. The van der Waals surface area contributed by atoms with E-state index in [-0.39, 0.29) is 0 Å². The summed E-state index contributed by atoms with van der Waals surface area (Å²) in [6.07, 6.45) is 3.09. The lowest BCUT2D eigenvalue weighted by molar-refractivity contribution is 0.388. The minimum atomic E-state index is 0.917. The Balaban J connectivity index is 2.10. The highest BCUT2D eigenvalue weighted by atomic mass is 16.5. The second-order valence-electron chi connectivity index (χ2n) is 3.97. The van der Waals surface area contributed by atoms with Crippen molar-refractivity contribution in [1.29, 1.82) is 0 Å². The van der Waals surface area contributed by atoms with Crippen molar-refractivity contribution in [2.24, 2.45) is 0 Å². The standard InChI is InChI=1S/C13H17NO/c1-10-3-4-13(9-11(10)2)15-12-5-7-14-8-6-12/h3-5,9,14H,6-8H2,1-2H3. The van der Waals surface area contributed by atoms with E-state index in [2.05, 4.69) is 37.4 Å².